The van der Waals surface area contributed by atoms with Crippen molar-refractivity contribution in [1.82, 2.24) is 5.32 Å². The van der Waals surface area contributed by atoms with Crippen LogP contribution in [0.4, 0.5) is 0 Å². The lowest BCUT2D eigenvalue weighted by atomic mass is 10.00. The number of fused-ring (bicyclic) bond motifs is 1. The number of ether oxygens (including phenoxy) is 1. The molecule has 1 heterocycles. The average Bonchev–Trinajstić information content (AvgIpc) is 2.67. The van der Waals surface area contributed by atoms with Crippen LogP contribution in [0.5, 0.6) is 5.75 Å². The van der Waals surface area contributed by atoms with Gasteiger partial charge in [0.25, 0.3) is 5.91 Å². The maximum Gasteiger partial charge on any atom is 0.336 e. The van der Waals surface area contributed by atoms with Crippen LogP contribution < -0.4 is 15.7 Å². The van der Waals surface area contributed by atoms with Crippen LogP contribution >= 0.6 is 11.6 Å². The van der Waals surface area contributed by atoms with Crippen molar-refractivity contribution in [3.05, 3.63) is 75.1 Å². The molecule has 0 saturated heterocycles. The lowest BCUT2D eigenvalue weighted by molar-refractivity contribution is -0.123. The lowest BCUT2D eigenvalue weighted by Crippen LogP contribution is -2.30. The van der Waals surface area contributed by atoms with Crippen molar-refractivity contribution in [2.45, 2.75) is 26.2 Å². The van der Waals surface area contributed by atoms with Gasteiger partial charge in [-0.1, -0.05) is 37.6 Å². The second-order valence-electron chi connectivity index (χ2n) is 6.85. The van der Waals surface area contributed by atoms with Crippen LogP contribution in [0.3, 0.4) is 0 Å². The summed E-state index contributed by atoms with van der Waals surface area (Å²) in [5.41, 5.74) is 2.08. The Morgan fingerprint density at radius 3 is 2.61 bits per heavy atom. The predicted octanol–water partition coefficient (Wildman–Crippen LogP) is 4.31. The maximum absolute atomic E-state index is 12.0. The van der Waals surface area contributed by atoms with E-state index in [1.54, 1.807) is 12.1 Å². The molecule has 0 spiro atoms. The van der Waals surface area contributed by atoms with Crippen molar-refractivity contribution in [2.24, 2.45) is 0 Å². The molecular formula is C22H22ClNO4. The molecule has 0 aliphatic carbocycles. The van der Waals surface area contributed by atoms with Gasteiger partial charge in [0, 0.05) is 29.1 Å². The fourth-order valence-corrected chi connectivity index (χ4v) is 3.06. The summed E-state index contributed by atoms with van der Waals surface area (Å²) in [6.45, 7) is 4.44. The SMILES string of the molecule is CC(C)c1cc(=O)oc2cc(OCC(=O)NCCc3ccc(Cl)cc3)ccc12. The summed E-state index contributed by atoms with van der Waals surface area (Å²) in [6, 6.07) is 14.3. The summed E-state index contributed by atoms with van der Waals surface area (Å²) in [5.74, 6) is 0.459. The third kappa shape index (κ3) is 5.14. The monoisotopic (exact) mass is 399 g/mol. The molecule has 28 heavy (non-hydrogen) atoms. The van der Waals surface area contributed by atoms with Gasteiger partial charge in [0.2, 0.25) is 0 Å². The highest BCUT2D eigenvalue weighted by molar-refractivity contribution is 6.30. The minimum absolute atomic E-state index is 0.111. The molecule has 0 saturated carbocycles. The van der Waals surface area contributed by atoms with Crippen molar-refractivity contribution >= 4 is 28.5 Å². The number of hydrogen-bond acceptors (Lipinski definition) is 4. The number of carbonyl (C=O) groups is 1. The van der Waals surface area contributed by atoms with Crippen molar-refractivity contribution in [3.63, 3.8) is 0 Å². The molecule has 0 radical (unpaired) electrons. The van der Waals surface area contributed by atoms with E-state index in [0.29, 0.717) is 29.3 Å². The van der Waals surface area contributed by atoms with Gasteiger partial charge in [0.05, 0.1) is 0 Å². The lowest BCUT2D eigenvalue weighted by Gasteiger charge is -2.11. The van der Waals surface area contributed by atoms with Crippen LogP contribution in [0.15, 0.2) is 57.7 Å². The Morgan fingerprint density at radius 2 is 1.89 bits per heavy atom. The molecule has 0 unspecified atom stereocenters. The van der Waals surface area contributed by atoms with Crippen LogP contribution in [0, 0.1) is 0 Å². The molecule has 2 aromatic carbocycles. The molecule has 5 nitrogen and oxygen atoms in total. The molecule has 6 heteroatoms. The van der Waals surface area contributed by atoms with E-state index < -0.39 is 5.63 Å². The van der Waals surface area contributed by atoms with Crippen LogP contribution in [-0.2, 0) is 11.2 Å². The van der Waals surface area contributed by atoms with Gasteiger partial charge in [-0.2, -0.15) is 0 Å². The number of halogens is 1. The van der Waals surface area contributed by atoms with Crippen molar-refractivity contribution < 1.29 is 13.9 Å². The molecule has 0 atom stereocenters. The summed E-state index contributed by atoms with van der Waals surface area (Å²) in [7, 11) is 0. The largest absolute Gasteiger partial charge is 0.484 e. The van der Waals surface area contributed by atoms with E-state index in [4.69, 9.17) is 20.8 Å². The molecule has 0 aliphatic heterocycles. The summed E-state index contributed by atoms with van der Waals surface area (Å²) in [4.78, 5) is 23.8. The van der Waals surface area contributed by atoms with Gasteiger partial charge < -0.3 is 14.5 Å². The molecule has 0 aliphatic rings. The fourth-order valence-electron chi connectivity index (χ4n) is 2.93. The van der Waals surface area contributed by atoms with Gasteiger partial charge in [-0.05, 0) is 47.7 Å². The van der Waals surface area contributed by atoms with Gasteiger partial charge >= 0.3 is 5.63 Å². The topological polar surface area (TPSA) is 68.5 Å². The summed E-state index contributed by atoms with van der Waals surface area (Å²) in [6.07, 6.45) is 0.710. The molecule has 0 bridgehead atoms. The highest BCUT2D eigenvalue weighted by atomic mass is 35.5. The summed E-state index contributed by atoms with van der Waals surface area (Å²) >= 11 is 5.85. The molecule has 1 N–H and O–H groups in total. The third-order valence-corrected chi connectivity index (χ3v) is 4.64. The van der Waals surface area contributed by atoms with Gasteiger partial charge in [0.1, 0.15) is 11.3 Å². The molecule has 3 aromatic rings. The van der Waals surface area contributed by atoms with Gasteiger partial charge in [-0.15, -0.1) is 0 Å². The van der Waals surface area contributed by atoms with E-state index >= 15 is 0 Å². The van der Waals surface area contributed by atoms with E-state index in [0.717, 1.165) is 16.5 Å². The quantitative estimate of drug-likeness (QED) is 0.601. The normalized spacial score (nSPS) is 11.0. The molecule has 146 valence electrons. The van der Waals surface area contributed by atoms with E-state index in [-0.39, 0.29) is 18.4 Å². The first kappa shape index (κ1) is 20.0. The highest BCUT2D eigenvalue weighted by Crippen LogP contribution is 2.26. The van der Waals surface area contributed by atoms with E-state index in [2.05, 4.69) is 5.32 Å². The third-order valence-electron chi connectivity index (χ3n) is 4.39. The highest BCUT2D eigenvalue weighted by Gasteiger charge is 2.10. The maximum atomic E-state index is 12.0. The zero-order valence-electron chi connectivity index (χ0n) is 15.8. The number of hydrogen-bond donors (Lipinski definition) is 1. The molecule has 1 amide bonds. The van der Waals surface area contributed by atoms with Crippen LogP contribution in [0.1, 0.15) is 30.9 Å². The molecular weight excluding hydrogens is 378 g/mol. The number of amides is 1. The Kier molecular flexibility index (Phi) is 6.37. The Labute approximate surface area is 168 Å². The number of benzene rings is 2. The van der Waals surface area contributed by atoms with Gasteiger partial charge in [0.15, 0.2) is 6.61 Å². The summed E-state index contributed by atoms with van der Waals surface area (Å²) < 4.78 is 10.8. The van der Waals surface area contributed by atoms with Crippen LogP contribution in [0.25, 0.3) is 11.0 Å². The zero-order chi connectivity index (χ0) is 20.1. The minimum Gasteiger partial charge on any atom is -0.484 e. The first-order valence-electron chi connectivity index (χ1n) is 9.14. The summed E-state index contributed by atoms with van der Waals surface area (Å²) in [5, 5.41) is 4.37. The van der Waals surface area contributed by atoms with E-state index in [1.165, 1.54) is 6.07 Å². The Hall–Kier alpha value is -2.79. The molecule has 0 fully saturated rings. The fraction of sp³-hybridized carbons (Fsp3) is 0.273. The first-order chi connectivity index (χ1) is 13.4. The second kappa shape index (κ2) is 8.93. The number of rotatable bonds is 7. The Morgan fingerprint density at radius 1 is 1.14 bits per heavy atom. The Balaban J connectivity index is 1.56. The van der Waals surface area contributed by atoms with Gasteiger partial charge in [-0.25, -0.2) is 4.79 Å². The molecule has 3 rings (SSSR count). The molecule has 1 aromatic heterocycles. The first-order valence-corrected chi connectivity index (χ1v) is 9.52. The van der Waals surface area contributed by atoms with Gasteiger partial charge in [-0.3, -0.25) is 4.79 Å². The van der Waals surface area contributed by atoms with E-state index in [9.17, 15) is 9.59 Å². The van der Waals surface area contributed by atoms with Crippen molar-refractivity contribution in [3.8, 4) is 5.75 Å². The smallest absolute Gasteiger partial charge is 0.336 e. The standard InChI is InChI=1S/C22H22ClNO4/c1-14(2)19-12-22(26)28-20-11-17(7-8-18(19)20)27-13-21(25)24-10-9-15-3-5-16(23)6-4-15/h3-8,11-12,14H,9-10,13H2,1-2H3,(H,24,25). The second-order valence-corrected chi connectivity index (χ2v) is 7.28. The number of nitrogens with one attached hydrogen (secondary N) is 1. The zero-order valence-corrected chi connectivity index (χ0v) is 16.6. The van der Waals surface area contributed by atoms with Crippen molar-refractivity contribution in [1.29, 1.82) is 0 Å². The van der Waals surface area contributed by atoms with Crippen LogP contribution in [0.2, 0.25) is 5.02 Å². The number of carbonyl (C=O) groups excluding carboxylic acids is 1. The minimum atomic E-state index is -0.395. The van der Waals surface area contributed by atoms with Crippen molar-refractivity contribution in [2.75, 3.05) is 13.2 Å². The average molecular weight is 400 g/mol. The van der Waals surface area contributed by atoms with Crippen LogP contribution in [-0.4, -0.2) is 19.1 Å². The predicted molar refractivity (Wildman–Crippen MR) is 110 cm³/mol. The Bertz CT molecular complexity index is 1020. The van der Waals surface area contributed by atoms with E-state index in [1.807, 2.05) is 44.2 Å².